The number of aromatic nitrogens is 1. The summed E-state index contributed by atoms with van der Waals surface area (Å²) < 4.78 is 2.24. The molecule has 1 aliphatic rings. The molecule has 1 aromatic heterocycles. The Morgan fingerprint density at radius 2 is 1.89 bits per heavy atom. The molecule has 0 bridgehead atoms. The number of benzene rings is 2. The van der Waals surface area contributed by atoms with Gasteiger partial charge >= 0.3 is 0 Å². The number of hydrogen-bond acceptors (Lipinski definition) is 2. The lowest BCUT2D eigenvalue weighted by Crippen LogP contribution is -2.23. The van der Waals surface area contributed by atoms with Gasteiger partial charge in [-0.2, -0.15) is 0 Å². The minimum Gasteiger partial charge on any atom is -0.347 e. The summed E-state index contributed by atoms with van der Waals surface area (Å²) >= 11 is 0. The summed E-state index contributed by atoms with van der Waals surface area (Å²) in [6.45, 7) is 6.12. The van der Waals surface area contributed by atoms with Crippen LogP contribution >= 0.6 is 0 Å². The number of carbonyl (C=O) groups is 2. The number of anilines is 2. The smallest absolute Gasteiger partial charge is 0.255 e. The quantitative estimate of drug-likeness (QED) is 0.704. The molecule has 0 aliphatic carbocycles. The molecule has 0 spiro atoms. The van der Waals surface area contributed by atoms with E-state index in [4.69, 9.17) is 0 Å². The Balaban J connectivity index is 1.48. The van der Waals surface area contributed by atoms with Crippen molar-refractivity contribution in [2.24, 2.45) is 5.92 Å². The van der Waals surface area contributed by atoms with Crippen LogP contribution in [0.2, 0.25) is 0 Å². The number of rotatable bonds is 5. The van der Waals surface area contributed by atoms with Crippen LogP contribution in [0.1, 0.15) is 37.0 Å². The molecule has 0 radical (unpaired) electrons. The summed E-state index contributed by atoms with van der Waals surface area (Å²) in [6, 6.07) is 15.3. The average molecular weight is 375 g/mol. The topological polar surface area (TPSA) is 54.3 Å². The third-order valence-electron chi connectivity index (χ3n) is 5.11. The number of nitrogens with zero attached hydrogens (tertiary/aromatic N) is 2. The molecule has 5 nitrogen and oxygen atoms in total. The molecule has 3 aromatic rings. The Bertz CT molecular complexity index is 1020. The van der Waals surface area contributed by atoms with Crippen molar-refractivity contribution >= 4 is 34.1 Å². The van der Waals surface area contributed by atoms with E-state index in [0.29, 0.717) is 17.9 Å². The van der Waals surface area contributed by atoms with E-state index in [1.807, 2.05) is 24.3 Å². The van der Waals surface area contributed by atoms with Gasteiger partial charge in [0.25, 0.3) is 5.91 Å². The van der Waals surface area contributed by atoms with Crippen LogP contribution in [-0.4, -0.2) is 22.9 Å². The van der Waals surface area contributed by atoms with Crippen LogP contribution in [0.15, 0.2) is 54.7 Å². The van der Waals surface area contributed by atoms with E-state index in [1.54, 1.807) is 17.0 Å². The van der Waals surface area contributed by atoms with Gasteiger partial charge in [-0.15, -0.1) is 0 Å². The number of hydrogen-bond donors (Lipinski definition) is 1. The van der Waals surface area contributed by atoms with Crippen molar-refractivity contribution in [3.63, 3.8) is 0 Å². The Morgan fingerprint density at radius 3 is 2.57 bits per heavy atom. The Hall–Kier alpha value is -3.08. The van der Waals surface area contributed by atoms with Gasteiger partial charge in [-0.05, 0) is 60.9 Å². The first-order valence-electron chi connectivity index (χ1n) is 9.82. The predicted molar refractivity (Wildman–Crippen MR) is 113 cm³/mol. The molecule has 144 valence electrons. The fraction of sp³-hybridized carbons (Fsp3) is 0.304. The second-order valence-corrected chi connectivity index (χ2v) is 7.79. The van der Waals surface area contributed by atoms with Crippen LogP contribution in [0, 0.1) is 5.92 Å². The molecule has 2 amide bonds. The third kappa shape index (κ3) is 3.65. The molecule has 0 unspecified atom stereocenters. The number of amides is 2. The highest BCUT2D eigenvalue weighted by Gasteiger charge is 2.21. The van der Waals surface area contributed by atoms with Gasteiger partial charge in [-0.1, -0.05) is 13.8 Å². The van der Waals surface area contributed by atoms with E-state index in [0.717, 1.165) is 36.3 Å². The second-order valence-electron chi connectivity index (χ2n) is 7.79. The van der Waals surface area contributed by atoms with E-state index < -0.39 is 0 Å². The van der Waals surface area contributed by atoms with E-state index in [2.05, 4.69) is 42.1 Å². The van der Waals surface area contributed by atoms with Crippen LogP contribution in [0.5, 0.6) is 0 Å². The minimum atomic E-state index is -0.153. The standard InChI is InChI=1S/C23H25N3O2/c1-16(2)15-25-13-11-18-14-19(7-10-21(18)25)24-23(28)17-5-8-20(9-6-17)26-12-3-4-22(26)27/h5-11,13-14,16H,3-4,12,15H2,1-2H3,(H,24,28). The summed E-state index contributed by atoms with van der Waals surface area (Å²) in [5, 5.41) is 4.08. The lowest BCUT2D eigenvalue weighted by molar-refractivity contribution is -0.117. The molecule has 1 N–H and O–H groups in total. The minimum absolute atomic E-state index is 0.148. The van der Waals surface area contributed by atoms with Crippen LogP contribution in [0.4, 0.5) is 11.4 Å². The third-order valence-corrected chi connectivity index (χ3v) is 5.11. The zero-order chi connectivity index (χ0) is 19.7. The Kier molecular flexibility index (Phi) is 4.90. The lowest BCUT2D eigenvalue weighted by atomic mass is 10.1. The van der Waals surface area contributed by atoms with Crippen molar-refractivity contribution in [1.82, 2.24) is 4.57 Å². The summed E-state index contributed by atoms with van der Waals surface area (Å²) in [4.78, 5) is 26.2. The predicted octanol–water partition coefficient (Wildman–Crippen LogP) is 4.68. The highest BCUT2D eigenvalue weighted by molar-refractivity contribution is 6.05. The van der Waals surface area contributed by atoms with Gasteiger partial charge in [0.05, 0.1) is 0 Å². The van der Waals surface area contributed by atoms with Crippen LogP contribution in [0.3, 0.4) is 0 Å². The maximum absolute atomic E-state index is 12.6. The largest absolute Gasteiger partial charge is 0.347 e. The zero-order valence-corrected chi connectivity index (χ0v) is 16.3. The lowest BCUT2D eigenvalue weighted by Gasteiger charge is -2.15. The summed E-state index contributed by atoms with van der Waals surface area (Å²) in [5.41, 5.74) is 3.38. The summed E-state index contributed by atoms with van der Waals surface area (Å²) in [7, 11) is 0. The first kappa shape index (κ1) is 18.3. The fourth-order valence-corrected chi connectivity index (χ4v) is 3.75. The van der Waals surface area contributed by atoms with Gasteiger partial charge in [-0.25, -0.2) is 0 Å². The molecule has 4 rings (SSSR count). The van der Waals surface area contributed by atoms with E-state index in [9.17, 15) is 9.59 Å². The van der Waals surface area contributed by atoms with Gasteiger partial charge in [0.15, 0.2) is 0 Å². The Morgan fingerprint density at radius 1 is 1.11 bits per heavy atom. The average Bonchev–Trinajstić information content (AvgIpc) is 3.27. The molecule has 1 aliphatic heterocycles. The maximum Gasteiger partial charge on any atom is 0.255 e. The van der Waals surface area contributed by atoms with Crippen molar-refractivity contribution in [2.75, 3.05) is 16.8 Å². The molecule has 1 saturated heterocycles. The van der Waals surface area contributed by atoms with E-state index >= 15 is 0 Å². The van der Waals surface area contributed by atoms with E-state index in [-0.39, 0.29) is 11.8 Å². The summed E-state index contributed by atoms with van der Waals surface area (Å²) in [5.74, 6) is 0.573. The van der Waals surface area contributed by atoms with Crippen molar-refractivity contribution < 1.29 is 9.59 Å². The summed E-state index contributed by atoms with van der Waals surface area (Å²) in [6.07, 6.45) is 3.58. The maximum atomic E-state index is 12.6. The van der Waals surface area contributed by atoms with Crippen LogP contribution in [0.25, 0.3) is 10.9 Å². The first-order valence-corrected chi connectivity index (χ1v) is 9.82. The molecule has 28 heavy (non-hydrogen) atoms. The van der Waals surface area contributed by atoms with Gasteiger partial charge < -0.3 is 14.8 Å². The van der Waals surface area contributed by atoms with Crippen molar-refractivity contribution in [1.29, 1.82) is 0 Å². The SMILES string of the molecule is CC(C)Cn1ccc2cc(NC(=O)c3ccc(N4CCCC4=O)cc3)ccc21. The van der Waals surface area contributed by atoms with Crippen molar-refractivity contribution in [3.8, 4) is 0 Å². The molecular formula is C23H25N3O2. The molecule has 2 heterocycles. The van der Waals surface area contributed by atoms with Gasteiger partial charge in [-0.3, -0.25) is 9.59 Å². The number of fused-ring (bicyclic) bond motifs is 1. The fourth-order valence-electron chi connectivity index (χ4n) is 3.75. The Labute approximate surface area is 165 Å². The molecular weight excluding hydrogens is 350 g/mol. The highest BCUT2D eigenvalue weighted by atomic mass is 16.2. The molecule has 2 aromatic carbocycles. The van der Waals surface area contributed by atoms with Crippen LogP contribution in [-0.2, 0) is 11.3 Å². The second kappa shape index (κ2) is 7.50. The zero-order valence-electron chi connectivity index (χ0n) is 16.3. The number of nitrogens with one attached hydrogen (secondary N) is 1. The molecule has 1 fully saturated rings. The van der Waals surface area contributed by atoms with Crippen LogP contribution < -0.4 is 10.2 Å². The van der Waals surface area contributed by atoms with Gasteiger partial charge in [0, 0.05) is 53.5 Å². The van der Waals surface area contributed by atoms with Gasteiger partial charge in [0.2, 0.25) is 5.91 Å². The van der Waals surface area contributed by atoms with Gasteiger partial charge in [0.1, 0.15) is 0 Å². The first-order chi connectivity index (χ1) is 13.5. The van der Waals surface area contributed by atoms with Crippen molar-refractivity contribution in [2.45, 2.75) is 33.2 Å². The monoisotopic (exact) mass is 375 g/mol. The van der Waals surface area contributed by atoms with Crippen molar-refractivity contribution in [3.05, 3.63) is 60.3 Å². The van der Waals surface area contributed by atoms with E-state index in [1.165, 1.54) is 5.52 Å². The molecule has 5 heteroatoms. The highest BCUT2D eigenvalue weighted by Crippen LogP contribution is 2.24. The molecule has 0 saturated carbocycles. The normalized spacial score (nSPS) is 14.2. The molecule has 0 atom stereocenters. The number of carbonyl (C=O) groups excluding carboxylic acids is 2.